The number of aliphatic hydroxyl groups excluding tert-OH is 4. The van der Waals surface area contributed by atoms with Crippen molar-refractivity contribution >= 4 is 0 Å². The van der Waals surface area contributed by atoms with Crippen molar-refractivity contribution in [3.8, 4) is 0 Å². The number of aromatic nitrogens is 3. The first-order valence-electron chi connectivity index (χ1n) is 28.6. The highest BCUT2D eigenvalue weighted by atomic mass is 16.7. The Hall–Kier alpha value is -1.74. The van der Waals surface area contributed by atoms with E-state index in [0.29, 0.717) is 205 Å². The van der Waals surface area contributed by atoms with E-state index in [0.717, 1.165) is 31.6 Å². The Labute approximate surface area is 464 Å². The van der Waals surface area contributed by atoms with Gasteiger partial charge in [0.25, 0.3) is 0 Å². The van der Waals surface area contributed by atoms with Gasteiger partial charge in [0.1, 0.15) is 24.4 Å². The van der Waals surface area contributed by atoms with Gasteiger partial charge < -0.3 is 106 Å². The van der Waals surface area contributed by atoms with E-state index in [-0.39, 0.29) is 13.2 Å². The van der Waals surface area contributed by atoms with E-state index >= 15 is 0 Å². The van der Waals surface area contributed by atoms with Gasteiger partial charge in [-0.25, -0.2) is 4.68 Å². The molecule has 2 rings (SSSR count). The molecule has 4 N–H and O–H groups in total. The van der Waals surface area contributed by atoms with Crippen molar-refractivity contribution in [2.45, 2.75) is 108 Å². The van der Waals surface area contributed by atoms with E-state index in [4.69, 9.17) is 85.3 Å². The molecule has 78 heavy (non-hydrogen) atoms. The van der Waals surface area contributed by atoms with Crippen molar-refractivity contribution in [1.82, 2.24) is 15.0 Å². The van der Waals surface area contributed by atoms with Crippen LogP contribution in [0.25, 0.3) is 0 Å². The second kappa shape index (κ2) is 57.1. The van der Waals surface area contributed by atoms with Gasteiger partial charge in [-0.2, -0.15) is 0 Å². The molecule has 0 aromatic carbocycles. The average molecular weight is 1130 g/mol. The van der Waals surface area contributed by atoms with Crippen LogP contribution in [-0.2, 0) is 98.2 Å². The zero-order valence-electron chi connectivity index (χ0n) is 47.3. The van der Waals surface area contributed by atoms with E-state index < -0.39 is 37.3 Å². The average Bonchev–Trinajstić information content (AvgIpc) is 3.91. The van der Waals surface area contributed by atoms with Gasteiger partial charge in [-0.05, 0) is 19.3 Å². The third-order valence-corrected chi connectivity index (χ3v) is 11.5. The second-order valence-corrected chi connectivity index (χ2v) is 17.9. The van der Waals surface area contributed by atoms with E-state index in [1.54, 1.807) is 4.68 Å². The SMILES string of the molecule is CCCCCCCCCCOCCOCCOCCOCCOCCOCCOCCOCCOCCOCCOCCCc1cn(CCOCCOCCOCCOCCOCCO[C@@H]2O[C@@H](CO)[C@H](O)[C@@H](O)[C@H]2O)nn1. The van der Waals surface area contributed by atoms with Crippen LogP contribution in [0, 0.1) is 0 Å². The molecule has 5 atom stereocenters. The normalized spacial score (nSPS) is 17.7. The molecule has 2 heterocycles. The van der Waals surface area contributed by atoms with Gasteiger partial charge in [-0.1, -0.05) is 57.1 Å². The maximum Gasteiger partial charge on any atom is 0.186 e. The first kappa shape index (κ1) is 72.4. The molecule has 0 unspecified atom stereocenters. The lowest BCUT2D eigenvalue weighted by Gasteiger charge is -2.39. The molecule has 0 bridgehead atoms. The number of hydrogen-bond donors (Lipinski definition) is 4. The van der Waals surface area contributed by atoms with Crippen LogP contribution in [0.15, 0.2) is 6.20 Å². The molecule has 1 aromatic rings. The van der Waals surface area contributed by atoms with Gasteiger partial charge in [0.15, 0.2) is 6.29 Å². The topological polar surface area (TPSA) is 278 Å². The lowest BCUT2D eigenvalue weighted by atomic mass is 9.99. The molecule has 0 saturated carbocycles. The summed E-state index contributed by atoms with van der Waals surface area (Å²) in [6.07, 6.45) is 7.44. The van der Waals surface area contributed by atoms with E-state index in [9.17, 15) is 20.4 Å². The monoisotopic (exact) mass is 1130 g/mol. The van der Waals surface area contributed by atoms with Crippen LogP contribution in [-0.4, -0.2) is 291 Å². The molecule has 0 amide bonds. The minimum Gasteiger partial charge on any atom is -0.394 e. The highest BCUT2D eigenvalue weighted by Crippen LogP contribution is 2.22. The Bertz CT molecular complexity index is 1350. The summed E-state index contributed by atoms with van der Waals surface area (Å²) >= 11 is 0. The summed E-state index contributed by atoms with van der Waals surface area (Å²) in [5, 5.41) is 47.2. The maximum atomic E-state index is 9.96. The van der Waals surface area contributed by atoms with Crippen molar-refractivity contribution in [2.24, 2.45) is 0 Å². The first-order valence-corrected chi connectivity index (χ1v) is 28.6. The zero-order chi connectivity index (χ0) is 55.7. The van der Waals surface area contributed by atoms with Crippen LogP contribution in [0.3, 0.4) is 0 Å². The van der Waals surface area contributed by atoms with Gasteiger partial charge in [0.2, 0.25) is 0 Å². The number of unbranched alkanes of at least 4 members (excludes halogenated alkanes) is 7. The predicted octanol–water partition coefficient (Wildman–Crippen LogP) is 1.43. The Morgan fingerprint density at radius 3 is 1.08 bits per heavy atom. The van der Waals surface area contributed by atoms with Gasteiger partial charge in [-0.15, -0.1) is 5.10 Å². The van der Waals surface area contributed by atoms with E-state index in [2.05, 4.69) is 17.2 Å². The summed E-state index contributed by atoms with van der Waals surface area (Å²) in [7, 11) is 0. The standard InChI is InChI=1S/C53H103N3O22/c1-2-3-4-5-6-7-8-9-13-61-16-19-64-22-25-67-28-30-70-32-34-72-36-38-74-39-37-73-35-33-71-31-29-68-26-23-65-20-17-62-14-10-11-48-46-56(55-54-48)12-15-63-18-21-66-24-27-69-40-41-75-42-43-76-44-45-77-53-52(60)51(59)50(58)49(47-57)78-53/h46,49-53,57-60H,2-45,47H2,1H3/t49-,50-,51+,52+,53+/m0/s1. The molecule has 0 spiro atoms. The molecule has 1 fully saturated rings. The largest absolute Gasteiger partial charge is 0.394 e. The fraction of sp³-hybridized carbons (Fsp3) is 0.962. The highest BCUT2D eigenvalue weighted by Gasteiger charge is 2.44. The van der Waals surface area contributed by atoms with Crippen molar-refractivity contribution in [3.05, 3.63) is 11.9 Å². The van der Waals surface area contributed by atoms with E-state index in [1.807, 2.05) is 6.20 Å². The lowest BCUT2D eigenvalue weighted by molar-refractivity contribution is -0.302. The summed E-state index contributed by atoms with van der Waals surface area (Å²) < 4.78 is 101. The minimum absolute atomic E-state index is 0.0790. The van der Waals surface area contributed by atoms with Gasteiger partial charge in [0.05, 0.1) is 224 Å². The number of hydrogen-bond acceptors (Lipinski definition) is 24. The lowest BCUT2D eigenvalue weighted by Crippen LogP contribution is -2.59. The molecular formula is C53H103N3O22. The summed E-state index contributed by atoms with van der Waals surface area (Å²) in [6.45, 7) is 18.2. The molecule has 1 aromatic heterocycles. The molecule has 1 aliphatic heterocycles. The summed E-state index contributed by atoms with van der Waals surface area (Å²) in [5.74, 6) is 0. The first-order chi connectivity index (χ1) is 38.6. The fourth-order valence-corrected chi connectivity index (χ4v) is 7.13. The van der Waals surface area contributed by atoms with Crippen LogP contribution < -0.4 is 0 Å². The third kappa shape index (κ3) is 44.9. The number of ether oxygens (including phenoxy) is 18. The number of nitrogens with zero attached hydrogens (tertiary/aromatic N) is 3. The molecule has 25 heteroatoms. The van der Waals surface area contributed by atoms with Crippen molar-refractivity contribution in [2.75, 3.05) is 225 Å². The molecule has 1 saturated heterocycles. The summed E-state index contributed by atoms with van der Waals surface area (Å²) in [4.78, 5) is 0. The number of aryl methyl sites for hydroxylation is 1. The van der Waals surface area contributed by atoms with Crippen LogP contribution in [0.1, 0.15) is 70.4 Å². The van der Waals surface area contributed by atoms with Crippen LogP contribution in [0.5, 0.6) is 0 Å². The number of aliphatic hydroxyl groups is 4. The molecule has 1 aliphatic rings. The zero-order valence-corrected chi connectivity index (χ0v) is 47.3. The number of rotatable bonds is 63. The molecular weight excluding hydrogens is 1030 g/mol. The maximum absolute atomic E-state index is 9.96. The third-order valence-electron chi connectivity index (χ3n) is 11.5. The smallest absolute Gasteiger partial charge is 0.186 e. The fourth-order valence-electron chi connectivity index (χ4n) is 7.13. The predicted molar refractivity (Wildman–Crippen MR) is 284 cm³/mol. The van der Waals surface area contributed by atoms with Crippen LogP contribution >= 0.6 is 0 Å². The van der Waals surface area contributed by atoms with Crippen molar-refractivity contribution < 1.29 is 106 Å². The van der Waals surface area contributed by atoms with Crippen LogP contribution in [0.4, 0.5) is 0 Å². The minimum atomic E-state index is -1.48. The molecule has 462 valence electrons. The Kier molecular flexibility index (Phi) is 53.0. The Balaban J connectivity index is 1.17. The van der Waals surface area contributed by atoms with E-state index in [1.165, 1.54) is 44.9 Å². The quantitative estimate of drug-likeness (QED) is 0.0672. The van der Waals surface area contributed by atoms with Crippen LogP contribution in [0.2, 0.25) is 0 Å². The van der Waals surface area contributed by atoms with Crippen molar-refractivity contribution in [1.29, 1.82) is 0 Å². The van der Waals surface area contributed by atoms with Gasteiger partial charge in [-0.3, -0.25) is 0 Å². The Morgan fingerprint density at radius 2 is 0.705 bits per heavy atom. The molecule has 0 radical (unpaired) electrons. The van der Waals surface area contributed by atoms with Gasteiger partial charge in [0, 0.05) is 19.4 Å². The Morgan fingerprint density at radius 1 is 0.385 bits per heavy atom. The molecule has 0 aliphatic carbocycles. The second-order valence-electron chi connectivity index (χ2n) is 17.9. The summed E-state index contributed by atoms with van der Waals surface area (Å²) in [5.41, 5.74) is 0.904. The van der Waals surface area contributed by atoms with Crippen molar-refractivity contribution in [3.63, 3.8) is 0 Å². The summed E-state index contributed by atoms with van der Waals surface area (Å²) in [6, 6.07) is 0. The highest BCUT2D eigenvalue weighted by molar-refractivity contribution is 4.92. The van der Waals surface area contributed by atoms with Gasteiger partial charge >= 0.3 is 0 Å². The molecule has 25 nitrogen and oxygen atoms in total.